The molecule has 11 nitrogen and oxygen atoms in total. The molecule has 1 aromatic rings. The summed E-state index contributed by atoms with van der Waals surface area (Å²) in [6.07, 6.45) is 4.77. The van der Waals surface area contributed by atoms with Gasteiger partial charge in [-0.3, -0.25) is 14.4 Å². The number of rotatable bonds is 15. The number of hydrogen-bond donors (Lipinski definition) is 6. The van der Waals surface area contributed by atoms with Gasteiger partial charge in [-0.15, -0.1) is 0 Å². The van der Waals surface area contributed by atoms with Crippen LogP contribution in [0.4, 0.5) is 0 Å². The molecule has 0 bridgehead atoms. The number of aromatic amines is 1. The lowest BCUT2D eigenvalue weighted by Gasteiger charge is -2.29. The molecule has 0 aliphatic carbocycles. The standard InChI is InChI=1S/C24H42N6O5/c1-7-14(5)19(29-21(31)17(25)10-16-11-26-12-27-16)23(33)28-18(9-13(3)4)22(32)30-20(24(34)35)15(6)8-2/h11-15,17-20H,7-10,25H2,1-6H3,(H,26,27)(H,28,33)(H,29,31)(H,30,32)(H,34,35). The zero-order valence-corrected chi connectivity index (χ0v) is 21.6. The largest absolute Gasteiger partial charge is 0.480 e. The van der Waals surface area contributed by atoms with Gasteiger partial charge in [0.25, 0.3) is 0 Å². The summed E-state index contributed by atoms with van der Waals surface area (Å²) in [5.41, 5.74) is 6.72. The highest BCUT2D eigenvalue weighted by Crippen LogP contribution is 2.13. The summed E-state index contributed by atoms with van der Waals surface area (Å²) in [6.45, 7) is 11.1. The van der Waals surface area contributed by atoms with Gasteiger partial charge in [-0.05, 0) is 24.2 Å². The molecule has 198 valence electrons. The third-order valence-corrected chi connectivity index (χ3v) is 6.24. The van der Waals surface area contributed by atoms with Crippen molar-refractivity contribution in [3.05, 3.63) is 18.2 Å². The number of nitrogens with two attached hydrogens (primary N) is 1. The number of aliphatic carboxylic acids is 1. The fourth-order valence-electron chi connectivity index (χ4n) is 3.59. The van der Waals surface area contributed by atoms with Gasteiger partial charge in [0.2, 0.25) is 17.7 Å². The fraction of sp³-hybridized carbons (Fsp3) is 0.708. The summed E-state index contributed by atoms with van der Waals surface area (Å²) in [5, 5.41) is 17.6. The van der Waals surface area contributed by atoms with Gasteiger partial charge in [0.1, 0.15) is 18.1 Å². The highest BCUT2D eigenvalue weighted by Gasteiger charge is 2.33. The number of carbonyl (C=O) groups is 4. The Hall–Kier alpha value is -2.95. The van der Waals surface area contributed by atoms with Crippen molar-refractivity contribution in [2.24, 2.45) is 23.5 Å². The number of nitrogens with zero attached hydrogens (tertiary/aromatic N) is 1. The number of aromatic nitrogens is 2. The van der Waals surface area contributed by atoms with Crippen LogP contribution in [-0.2, 0) is 25.6 Å². The van der Waals surface area contributed by atoms with Crippen LogP contribution in [0.3, 0.4) is 0 Å². The van der Waals surface area contributed by atoms with E-state index in [-0.39, 0.29) is 24.2 Å². The van der Waals surface area contributed by atoms with Crippen molar-refractivity contribution < 1.29 is 24.3 Å². The predicted octanol–water partition coefficient (Wildman–Crippen LogP) is 0.957. The summed E-state index contributed by atoms with van der Waals surface area (Å²) in [4.78, 5) is 57.5. The lowest BCUT2D eigenvalue weighted by Crippen LogP contribution is -2.59. The molecule has 0 radical (unpaired) electrons. The average Bonchev–Trinajstić information content (AvgIpc) is 3.31. The number of carbonyl (C=O) groups excluding carboxylic acids is 3. The summed E-state index contributed by atoms with van der Waals surface area (Å²) in [5.74, 6) is -3.16. The van der Waals surface area contributed by atoms with E-state index in [1.807, 2.05) is 34.6 Å². The van der Waals surface area contributed by atoms with Gasteiger partial charge >= 0.3 is 5.97 Å². The maximum absolute atomic E-state index is 13.2. The van der Waals surface area contributed by atoms with E-state index in [1.54, 1.807) is 13.1 Å². The Morgan fingerprint density at radius 3 is 2.00 bits per heavy atom. The molecule has 6 atom stereocenters. The molecule has 0 spiro atoms. The summed E-state index contributed by atoms with van der Waals surface area (Å²) in [7, 11) is 0. The minimum atomic E-state index is -1.13. The molecule has 0 saturated heterocycles. The lowest BCUT2D eigenvalue weighted by molar-refractivity contribution is -0.144. The van der Waals surface area contributed by atoms with E-state index in [2.05, 4.69) is 25.9 Å². The molecule has 11 heteroatoms. The monoisotopic (exact) mass is 494 g/mol. The van der Waals surface area contributed by atoms with Gasteiger partial charge < -0.3 is 31.8 Å². The Balaban J connectivity index is 2.99. The van der Waals surface area contributed by atoms with Crippen molar-refractivity contribution >= 4 is 23.7 Å². The van der Waals surface area contributed by atoms with Crippen molar-refractivity contribution in [1.29, 1.82) is 0 Å². The Morgan fingerprint density at radius 1 is 0.943 bits per heavy atom. The maximum atomic E-state index is 13.2. The summed E-state index contributed by atoms with van der Waals surface area (Å²) < 4.78 is 0. The molecule has 0 saturated carbocycles. The third kappa shape index (κ3) is 9.67. The number of nitrogens with one attached hydrogen (secondary N) is 4. The van der Waals surface area contributed by atoms with E-state index >= 15 is 0 Å². The van der Waals surface area contributed by atoms with Crippen molar-refractivity contribution in [3.8, 4) is 0 Å². The van der Waals surface area contributed by atoms with Crippen LogP contribution in [0, 0.1) is 17.8 Å². The minimum Gasteiger partial charge on any atom is -0.480 e. The first-order valence-electron chi connectivity index (χ1n) is 12.3. The van der Waals surface area contributed by atoms with Gasteiger partial charge in [-0.1, -0.05) is 54.4 Å². The van der Waals surface area contributed by atoms with Gasteiger partial charge in [0, 0.05) is 18.3 Å². The van der Waals surface area contributed by atoms with E-state index in [9.17, 15) is 24.3 Å². The number of hydrogen-bond acceptors (Lipinski definition) is 6. The second-order valence-corrected chi connectivity index (χ2v) is 9.66. The van der Waals surface area contributed by atoms with Gasteiger partial charge in [-0.2, -0.15) is 0 Å². The molecule has 1 aromatic heterocycles. The van der Waals surface area contributed by atoms with Gasteiger partial charge in [0.05, 0.1) is 12.4 Å². The van der Waals surface area contributed by atoms with Crippen LogP contribution >= 0.6 is 0 Å². The SMILES string of the molecule is CCC(C)C(NC(=O)C(CC(C)C)NC(=O)C(NC(=O)C(N)Cc1cnc[nH]1)C(C)CC)C(=O)O. The van der Waals surface area contributed by atoms with Crippen LogP contribution < -0.4 is 21.7 Å². The number of carboxylic acid groups (broad SMARTS) is 1. The first-order chi connectivity index (χ1) is 16.4. The zero-order chi connectivity index (χ0) is 26.7. The van der Waals surface area contributed by atoms with E-state index in [0.717, 1.165) is 0 Å². The first-order valence-corrected chi connectivity index (χ1v) is 12.3. The quantitative estimate of drug-likeness (QED) is 0.210. The Kier molecular flexibility index (Phi) is 12.4. The Labute approximate surface area is 207 Å². The molecule has 0 aliphatic rings. The zero-order valence-electron chi connectivity index (χ0n) is 21.6. The minimum absolute atomic E-state index is 0.0531. The molecule has 7 N–H and O–H groups in total. The van der Waals surface area contributed by atoms with Crippen LogP contribution in [0.2, 0.25) is 0 Å². The molecule has 1 rings (SSSR count). The molecule has 3 amide bonds. The van der Waals surface area contributed by atoms with Crippen molar-refractivity contribution in [2.45, 2.75) is 91.4 Å². The molecule has 1 heterocycles. The Morgan fingerprint density at radius 2 is 1.51 bits per heavy atom. The normalized spacial score (nSPS) is 16.5. The van der Waals surface area contributed by atoms with Crippen molar-refractivity contribution in [3.63, 3.8) is 0 Å². The maximum Gasteiger partial charge on any atom is 0.326 e. The second kappa shape index (κ2) is 14.4. The first kappa shape index (κ1) is 30.1. The van der Waals surface area contributed by atoms with Crippen LogP contribution in [0.25, 0.3) is 0 Å². The smallest absolute Gasteiger partial charge is 0.326 e. The van der Waals surface area contributed by atoms with Gasteiger partial charge in [-0.25, -0.2) is 9.78 Å². The summed E-state index contributed by atoms with van der Waals surface area (Å²) >= 11 is 0. The predicted molar refractivity (Wildman–Crippen MR) is 132 cm³/mol. The third-order valence-electron chi connectivity index (χ3n) is 6.24. The van der Waals surface area contributed by atoms with Crippen molar-refractivity contribution in [1.82, 2.24) is 25.9 Å². The number of amides is 3. The number of carboxylic acids is 1. The van der Waals surface area contributed by atoms with E-state index in [4.69, 9.17) is 5.73 Å². The van der Waals surface area contributed by atoms with E-state index in [0.29, 0.717) is 25.0 Å². The Bertz CT molecular complexity index is 828. The van der Waals surface area contributed by atoms with E-state index < -0.39 is 47.9 Å². The topological polar surface area (TPSA) is 179 Å². The van der Waals surface area contributed by atoms with Crippen molar-refractivity contribution in [2.75, 3.05) is 0 Å². The van der Waals surface area contributed by atoms with Crippen LogP contribution in [-0.4, -0.2) is 62.9 Å². The number of imidazole rings is 1. The number of H-pyrrole nitrogens is 1. The fourth-order valence-corrected chi connectivity index (χ4v) is 3.59. The molecule has 0 fully saturated rings. The van der Waals surface area contributed by atoms with Gasteiger partial charge in [0.15, 0.2) is 0 Å². The molecular weight excluding hydrogens is 452 g/mol. The molecule has 0 aliphatic heterocycles. The lowest BCUT2D eigenvalue weighted by atomic mass is 9.95. The highest BCUT2D eigenvalue weighted by atomic mass is 16.4. The summed E-state index contributed by atoms with van der Waals surface area (Å²) in [6, 6.07) is -3.82. The molecular formula is C24H42N6O5. The van der Waals surface area contributed by atoms with E-state index in [1.165, 1.54) is 6.33 Å². The average molecular weight is 495 g/mol. The van der Waals surface area contributed by atoms with Crippen LogP contribution in [0.15, 0.2) is 12.5 Å². The molecule has 6 unspecified atom stereocenters. The molecule has 35 heavy (non-hydrogen) atoms. The highest BCUT2D eigenvalue weighted by molar-refractivity contribution is 5.94. The van der Waals surface area contributed by atoms with Crippen LogP contribution in [0.5, 0.6) is 0 Å². The van der Waals surface area contributed by atoms with Crippen LogP contribution in [0.1, 0.15) is 66.5 Å². The molecule has 0 aromatic carbocycles. The second-order valence-electron chi connectivity index (χ2n) is 9.66.